The second-order valence-electron chi connectivity index (χ2n) is 3.97. The van der Waals surface area contributed by atoms with Crippen LogP contribution < -0.4 is 10.5 Å². The molecule has 0 radical (unpaired) electrons. The van der Waals surface area contributed by atoms with Crippen LogP contribution in [0.3, 0.4) is 0 Å². The number of hydrogen-bond donors (Lipinski definition) is 2. The molecule has 0 amide bonds. The molecule has 1 atom stereocenters. The molecule has 88 valence electrons. The van der Waals surface area contributed by atoms with E-state index in [-0.39, 0.29) is 11.9 Å². The van der Waals surface area contributed by atoms with E-state index in [1.807, 2.05) is 13.8 Å². The molecule has 0 spiro atoms. The summed E-state index contributed by atoms with van der Waals surface area (Å²) in [5, 5.41) is 7.39. The predicted molar refractivity (Wildman–Crippen MR) is 65.0 cm³/mol. The van der Waals surface area contributed by atoms with Crippen LogP contribution >= 0.6 is 0 Å². The number of aromatic nitrogens is 1. The van der Waals surface area contributed by atoms with Crippen LogP contribution in [0, 0.1) is 12.3 Å². The molecule has 0 fully saturated rings. The van der Waals surface area contributed by atoms with Crippen molar-refractivity contribution in [2.45, 2.75) is 39.7 Å². The van der Waals surface area contributed by atoms with Gasteiger partial charge < -0.3 is 10.5 Å². The van der Waals surface area contributed by atoms with Gasteiger partial charge in [-0.15, -0.1) is 0 Å². The van der Waals surface area contributed by atoms with Gasteiger partial charge in [0.05, 0.1) is 6.10 Å². The molecule has 0 saturated heterocycles. The van der Waals surface area contributed by atoms with Gasteiger partial charge in [0, 0.05) is 17.3 Å². The van der Waals surface area contributed by atoms with E-state index in [9.17, 15) is 0 Å². The molecule has 4 nitrogen and oxygen atoms in total. The molecule has 16 heavy (non-hydrogen) atoms. The summed E-state index contributed by atoms with van der Waals surface area (Å²) in [6.07, 6.45) is 2.21. The van der Waals surface area contributed by atoms with Crippen molar-refractivity contribution in [3.05, 3.63) is 23.4 Å². The van der Waals surface area contributed by atoms with Gasteiger partial charge in [0.1, 0.15) is 5.84 Å². The molecule has 1 rings (SSSR count). The summed E-state index contributed by atoms with van der Waals surface area (Å²) >= 11 is 0. The highest BCUT2D eigenvalue weighted by atomic mass is 16.5. The van der Waals surface area contributed by atoms with E-state index in [1.54, 1.807) is 12.1 Å². The van der Waals surface area contributed by atoms with Gasteiger partial charge in [-0.2, -0.15) is 0 Å². The number of nitrogens with zero attached hydrogens (tertiary/aromatic N) is 1. The number of rotatable bonds is 5. The Morgan fingerprint density at radius 2 is 2.25 bits per heavy atom. The molecule has 0 aliphatic rings. The lowest BCUT2D eigenvalue weighted by Gasteiger charge is -2.14. The molecule has 0 aliphatic heterocycles. The van der Waals surface area contributed by atoms with E-state index in [1.165, 1.54) is 0 Å². The van der Waals surface area contributed by atoms with Crippen molar-refractivity contribution < 1.29 is 4.74 Å². The third-order valence-electron chi connectivity index (χ3n) is 2.26. The molecule has 1 unspecified atom stereocenters. The predicted octanol–water partition coefficient (Wildman–Crippen LogP) is 2.24. The fourth-order valence-electron chi connectivity index (χ4n) is 1.53. The van der Waals surface area contributed by atoms with E-state index >= 15 is 0 Å². The van der Waals surface area contributed by atoms with E-state index in [4.69, 9.17) is 15.9 Å². The first-order valence-corrected chi connectivity index (χ1v) is 5.52. The number of hydrogen-bond acceptors (Lipinski definition) is 3. The van der Waals surface area contributed by atoms with Gasteiger partial charge in [0.15, 0.2) is 0 Å². The van der Waals surface area contributed by atoms with Crippen LogP contribution in [-0.2, 0) is 0 Å². The lowest BCUT2D eigenvalue weighted by molar-refractivity contribution is 0.201. The smallest absolute Gasteiger partial charge is 0.214 e. The van der Waals surface area contributed by atoms with Crippen molar-refractivity contribution in [2.75, 3.05) is 0 Å². The summed E-state index contributed by atoms with van der Waals surface area (Å²) in [7, 11) is 0. The first-order valence-electron chi connectivity index (χ1n) is 5.52. The summed E-state index contributed by atoms with van der Waals surface area (Å²) < 4.78 is 5.66. The average molecular weight is 221 g/mol. The number of aryl methyl sites for hydroxylation is 1. The Morgan fingerprint density at radius 3 is 2.81 bits per heavy atom. The third-order valence-corrected chi connectivity index (χ3v) is 2.26. The summed E-state index contributed by atoms with van der Waals surface area (Å²) in [6, 6.07) is 3.49. The zero-order chi connectivity index (χ0) is 12.1. The molecular weight excluding hydrogens is 202 g/mol. The summed E-state index contributed by atoms with van der Waals surface area (Å²) in [6.45, 7) is 6.00. The maximum atomic E-state index is 7.39. The Hall–Kier alpha value is -1.58. The van der Waals surface area contributed by atoms with Gasteiger partial charge in [0.25, 0.3) is 0 Å². The average Bonchev–Trinajstić information content (AvgIpc) is 2.16. The molecule has 1 aromatic heterocycles. The fraction of sp³-hybridized carbons (Fsp3) is 0.500. The van der Waals surface area contributed by atoms with Gasteiger partial charge in [-0.3, -0.25) is 5.41 Å². The molecule has 1 aromatic rings. The van der Waals surface area contributed by atoms with Crippen molar-refractivity contribution in [1.29, 1.82) is 5.41 Å². The number of amidine groups is 1. The lowest BCUT2D eigenvalue weighted by Crippen LogP contribution is -2.15. The standard InChI is InChI=1S/C12H19N3O/c1-4-5-9(3)16-11-7-10(12(13)14)6-8(2)15-11/h6-7,9H,4-5H2,1-3H3,(H3,13,14). The van der Waals surface area contributed by atoms with Gasteiger partial charge in [0.2, 0.25) is 5.88 Å². The minimum Gasteiger partial charge on any atom is -0.475 e. The monoisotopic (exact) mass is 221 g/mol. The third kappa shape index (κ3) is 3.53. The summed E-state index contributed by atoms with van der Waals surface area (Å²) in [5.74, 6) is 0.588. The Balaban J connectivity index is 2.84. The quantitative estimate of drug-likeness (QED) is 0.591. The molecular formula is C12H19N3O. The molecule has 0 aromatic carbocycles. The fourth-order valence-corrected chi connectivity index (χ4v) is 1.53. The van der Waals surface area contributed by atoms with Crippen LogP contribution in [0.5, 0.6) is 5.88 Å². The van der Waals surface area contributed by atoms with Crippen molar-refractivity contribution in [1.82, 2.24) is 4.98 Å². The van der Waals surface area contributed by atoms with Crippen LogP contribution in [0.25, 0.3) is 0 Å². The van der Waals surface area contributed by atoms with E-state index in [0.717, 1.165) is 18.5 Å². The molecule has 4 heteroatoms. The van der Waals surface area contributed by atoms with Crippen LogP contribution in [0.2, 0.25) is 0 Å². The Bertz CT molecular complexity index is 377. The summed E-state index contributed by atoms with van der Waals surface area (Å²) in [4.78, 5) is 4.26. The van der Waals surface area contributed by atoms with Crippen molar-refractivity contribution in [3.63, 3.8) is 0 Å². The zero-order valence-electron chi connectivity index (χ0n) is 10.1. The van der Waals surface area contributed by atoms with Gasteiger partial charge in [-0.1, -0.05) is 13.3 Å². The minimum absolute atomic E-state index is 0.0403. The van der Waals surface area contributed by atoms with Crippen molar-refractivity contribution >= 4 is 5.84 Å². The number of nitrogen functional groups attached to an aromatic ring is 1. The van der Waals surface area contributed by atoms with E-state index in [0.29, 0.717) is 11.4 Å². The SMILES string of the molecule is CCCC(C)Oc1cc(C(=N)N)cc(C)n1. The van der Waals surface area contributed by atoms with E-state index in [2.05, 4.69) is 11.9 Å². The second-order valence-corrected chi connectivity index (χ2v) is 3.97. The zero-order valence-corrected chi connectivity index (χ0v) is 10.1. The number of ether oxygens (including phenoxy) is 1. The maximum Gasteiger partial charge on any atom is 0.214 e. The highest BCUT2D eigenvalue weighted by Gasteiger charge is 2.07. The van der Waals surface area contributed by atoms with Crippen LogP contribution in [0.4, 0.5) is 0 Å². The van der Waals surface area contributed by atoms with Gasteiger partial charge in [-0.25, -0.2) is 4.98 Å². The lowest BCUT2D eigenvalue weighted by atomic mass is 10.2. The Morgan fingerprint density at radius 1 is 1.56 bits per heavy atom. The highest BCUT2D eigenvalue weighted by Crippen LogP contribution is 2.15. The Kier molecular flexibility index (Phi) is 4.28. The normalized spacial score (nSPS) is 12.2. The largest absolute Gasteiger partial charge is 0.475 e. The Labute approximate surface area is 96.3 Å². The summed E-state index contributed by atoms with van der Waals surface area (Å²) in [5.41, 5.74) is 6.91. The second kappa shape index (κ2) is 5.49. The van der Waals surface area contributed by atoms with Gasteiger partial charge >= 0.3 is 0 Å². The first kappa shape index (κ1) is 12.5. The highest BCUT2D eigenvalue weighted by molar-refractivity contribution is 5.95. The number of nitrogens with one attached hydrogen (secondary N) is 1. The number of nitrogens with two attached hydrogens (primary N) is 1. The molecule has 3 N–H and O–H groups in total. The molecule has 0 saturated carbocycles. The number of pyridine rings is 1. The van der Waals surface area contributed by atoms with Crippen LogP contribution in [-0.4, -0.2) is 16.9 Å². The van der Waals surface area contributed by atoms with E-state index < -0.39 is 0 Å². The topological polar surface area (TPSA) is 72.0 Å². The van der Waals surface area contributed by atoms with Crippen LogP contribution in [0.15, 0.2) is 12.1 Å². The first-order chi connectivity index (χ1) is 7.52. The van der Waals surface area contributed by atoms with Crippen molar-refractivity contribution in [2.24, 2.45) is 5.73 Å². The van der Waals surface area contributed by atoms with Gasteiger partial charge in [-0.05, 0) is 26.3 Å². The van der Waals surface area contributed by atoms with Crippen LogP contribution in [0.1, 0.15) is 37.9 Å². The van der Waals surface area contributed by atoms with Crippen molar-refractivity contribution in [3.8, 4) is 5.88 Å². The molecule has 1 heterocycles. The molecule has 0 bridgehead atoms. The molecule has 0 aliphatic carbocycles. The minimum atomic E-state index is 0.0403. The maximum absolute atomic E-state index is 7.39.